The highest BCUT2D eigenvalue weighted by molar-refractivity contribution is 9.10. The van der Waals surface area contributed by atoms with Gasteiger partial charge in [0.05, 0.1) is 0 Å². The third kappa shape index (κ3) is 4.46. The molecule has 0 amide bonds. The Hall–Kier alpha value is -1.72. The zero-order valence-electron chi connectivity index (χ0n) is 9.79. The van der Waals surface area contributed by atoms with Gasteiger partial charge in [0, 0.05) is 21.6 Å². The molecule has 0 saturated carbocycles. The molecule has 5 heteroatoms. The molecule has 0 bridgehead atoms. The van der Waals surface area contributed by atoms with Gasteiger partial charge in [0.15, 0.2) is 0 Å². The van der Waals surface area contributed by atoms with Gasteiger partial charge in [-0.25, -0.2) is 9.78 Å². The molecule has 1 heterocycles. The molecular weight excluding hydrogens is 326 g/mol. The quantitative estimate of drug-likeness (QED) is 0.853. The minimum absolute atomic E-state index is 0.816. The predicted octanol–water partition coefficient (Wildman–Crippen LogP) is 4.17. The van der Waals surface area contributed by atoms with Crippen molar-refractivity contribution in [2.75, 3.05) is 0 Å². The largest absolute Gasteiger partial charge is 0.478 e. The summed E-state index contributed by atoms with van der Waals surface area (Å²) in [7, 11) is 0. The molecule has 0 aliphatic heterocycles. The second-order valence-corrected chi connectivity index (χ2v) is 5.67. The van der Waals surface area contributed by atoms with Crippen LogP contribution >= 0.6 is 27.3 Å². The van der Waals surface area contributed by atoms with Crippen LogP contribution < -0.4 is 0 Å². The average Bonchev–Trinajstić information content (AvgIpc) is 2.82. The summed E-state index contributed by atoms with van der Waals surface area (Å²) in [6.45, 7) is 0. The number of carboxylic acid groups (broad SMARTS) is 1. The molecule has 3 nitrogen and oxygen atoms in total. The highest BCUT2D eigenvalue weighted by atomic mass is 79.9. The lowest BCUT2D eigenvalue weighted by Crippen LogP contribution is -1.84. The van der Waals surface area contributed by atoms with Gasteiger partial charge < -0.3 is 5.11 Å². The fourth-order valence-electron chi connectivity index (χ4n) is 1.39. The molecule has 0 saturated heterocycles. The molecule has 0 spiro atoms. The highest BCUT2D eigenvalue weighted by Gasteiger charge is 1.97. The number of carbonyl (C=O) groups is 1. The van der Waals surface area contributed by atoms with Crippen molar-refractivity contribution >= 4 is 51.5 Å². The molecule has 0 fully saturated rings. The Kier molecular flexibility index (Phi) is 4.65. The zero-order chi connectivity index (χ0) is 13.7. The Balaban J connectivity index is 2.09. The Morgan fingerprint density at radius 2 is 2.16 bits per heavy atom. The van der Waals surface area contributed by atoms with Gasteiger partial charge in [-0.3, -0.25) is 0 Å². The number of rotatable bonds is 4. The number of thiazole rings is 1. The van der Waals surface area contributed by atoms with Crippen LogP contribution in [0.15, 0.2) is 41.0 Å². The molecule has 1 aromatic carbocycles. The van der Waals surface area contributed by atoms with E-state index in [2.05, 4.69) is 20.9 Å². The van der Waals surface area contributed by atoms with E-state index in [0.29, 0.717) is 0 Å². The first-order valence-electron chi connectivity index (χ1n) is 5.44. The first-order chi connectivity index (χ1) is 9.13. The maximum atomic E-state index is 10.4. The van der Waals surface area contributed by atoms with Gasteiger partial charge in [0.2, 0.25) is 0 Å². The summed E-state index contributed by atoms with van der Waals surface area (Å²) in [5.41, 5.74) is 1.08. The van der Waals surface area contributed by atoms with Crippen LogP contribution in [0.2, 0.25) is 0 Å². The lowest BCUT2D eigenvalue weighted by atomic mass is 10.2. The first kappa shape index (κ1) is 13.7. The van der Waals surface area contributed by atoms with Gasteiger partial charge in [0.25, 0.3) is 0 Å². The summed E-state index contributed by atoms with van der Waals surface area (Å²) in [6.07, 6.45) is 8.18. The first-order valence-corrected chi connectivity index (χ1v) is 7.05. The summed E-state index contributed by atoms with van der Waals surface area (Å²) in [6, 6.07) is 7.94. The van der Waals surface area contributed by atoms with Crippen LogP contribution in [0.1, 0.15) is 15.4 Å². The molecule has 2 aromatic rings. The fraction of sp³-hybridized carbons (Fsp3) is 0. The SMILES string of the molecule is O=C(O)/C=C/c1cnc(/C=C/c2cccc(Br)c2)s1. The molecule has 96 valence electrons. The van der Waals surface area contributed by atoms with E-state index in [9.17, 15) is 4.79 Å². The zero-order valence-corrected chi connectivity index (χ0v) is 12.2. The van der Waals surface area contributed by atoms with Crippen molar-refractivity contribution in [2.24, 2.45) is 0 Å². The third-order valence-corrected chi connectivity index (χ3v) is 3.62. The molecule has 0 aliphatic rings. The highest BCUT2D eigenvalue weighted by Crippen LogP contribution is 2.18. The van der Waals surface area contributed by atoms with Gasteiger partial charge in [0.1, 0.15) is 5.01 Å². The number of aromatic nitrogens is 1. The number of hydrogen-bond donors (Lipinski definition) is 1. The van der Waals surface area contributed by atoms with Gasteiger partial charge in [-0.05, 0) is 29.8 Å². The second-order valence-electron chi connectivity index (χ2n) is 3.66. The lowest BCUT2D eigenvalue weighted by molar-refractivity contribution is -0.131. The summed E-state index contributed by atoms with van der Waals surface area (Å²) < 4.78 is 1.03. The minimum atomic E-state index is -0.959. The van der Waals surface area contributed by atoms with Crippen molar-refractivity contribution in [3.63, 3.8) is 0 Å². The fourth-order valence-corrected chi connectivity index (χ4v) is 2.53. The molecule has 0 radical (unpaired) electrons. The Morgan fingerprint density at radius 3 is 2.89 bits per heavy atom. The maximum absolute atomic E-state index is 10.4. The molecule has 0 unspecified atom stereocenters. The molecule has 0 aliphatic carbocycles. The van der Waals surface area contributed by atoms with E-state index in [1.54, 1.807) is 6.20 Å². The van der Waals surface area contributed by atoms with Gasteiger partial charge in [-0.1, -0.05) is 34.1 Å². The van der Waals surface area contributed by atoms with Crippen LogP contribution in [-0.2, 0) is 4.79 Å². The van der Waals surface area contributed by atoms with Gasteiger partial charge >= 0.3 is 5.97 Å². The number of benzene rings is 1. The number of carboxylic acids is 1. The Labute approximate surface area is 123 Å². The van der Waals surface area contributed by atoms with Crippen molar-refractivity contribution in [3.8, 4) is 0 Å². The number of nitrogens with zero attached hydrogens (tertiary/aromatic N) is 1. The van der Waals surface area contributed by atoms with Crippen molar-refractivity contribution in [3.05, 3.63) is 56.5 Å². The topological polar surface area (TPSA) is 50.2 Å². The van der Waals surface area contributed by atoms with Crippen molar-refractivity contribution in [1.82, 2.24) is 4.98 Å². The van der Waals surface area contributed by atoms with Crippen LogP contribution in [0.5, 0.6) is 0 Å². The molecule has 1 aromatic heterocycles. The monoisotopic (exact) mass is 335 g/mol. The smallest absolute Gasteiger partial charge is 0.328 e. The number of aliphatic carboxylic acids is 1. The van der Waals surface area contributed by atoms with Crippen molar-refractivity contribution in [1.29, 1.82) is 0 Å². The van der Waals surface area contributed by atoms with E-state index in [1.807, 2.05) is 36.4 Å². The van der Waals surface area contributed by atoms with Gasteiger partial charge in [-0.15, -0.1) is 11.3 Å². The van der Waals surface area contributed by atoms with E-state index >= 15 is 0 Å². The molecule has 19 heavy (non-hydrogen) atoms. The van der Waals surface area contributed by atoms with Crippen LogP contribution in [0.25, 0.3) is 18.2 Å². The third-order valence-electron chi connectivity index (χ3n) is 2.20. The molecule has 0 atom stereocenters. The van der Waals surface area contributed by atoms with Gasteiger partial charge in [-0.2, -0.15) is 0 Å². The standard InChI is InChI=1S/C14H10BrNO2S/c15-11-3-1-2-10(8-11)4-6-13-16-9-12(19-13)5-7-14(17)18/h1-9H,(H,17,18)/b6-4+,7-5+. The number of hydrogen-bond acceptors (Lipinski definition) is 3. The number of halogens is 1. The van der Waals surface area contributed by atoms with Crippen molar-refractivity contribution in [2.45, 2.75) is 0 Å². The van der Waals surface area contributed by atoms with E-state index in [4.69, 9.17) is 5.11 Å². The summed E-state index contributed by atoms with van der Waals surface area (Å²) >= 11 is 4.85. The normalized spacial score (nSPS) is 11.4. The summed E-state index contributed by atoms with van der Waals surface area (Å²) in [5, 5.41) is 9.38. The van der Waals surface area contributed by atoms with E-state index < -0.39 is 5.97 Å². The molecule has 1 N–H and O–H groups in total. The van der Waals surface area contributed by atoms with E-state index in [0.717, 1.165) is 26.0 Å². The lowest BCUT2D eigenvalue weighted by Gasteiger charge is -1.93. The average molecular weight is 336 g/mol. The van der Waals surface area contributed by atoms with Crippen LogP contribution in [-0.4, -0.2) is 16.1 Å². The van der Waals surface area contributed by atoms with Crippen LogP contribution in [0.4, 0.5) is 0 Å². The maximum Gasteiger partial charge on any atom is 0.328 e. The minimum Gasteiger partial charge on any atom is -0.478 e. The van der Waals surface area contributed by atoms with Crippen molar-refractivity contribution < 1.29 is 9.90 Å². The van der Waals surface area contributed by atoms with E-state index in [1.165, 1.54) is 17.4 Å². The molecule has 2 rings (SSSR count). The van der Waals surface area contributed by atoms with Crippen LogP contribution in [0.3, 0.4) is 0 Å². The summed E-state index contributed by atoms with van der Waals surface area (Å²) in [5.74, 6) is -0.959. The Morgan fingerprint density at radius 1 is 1.32 bits per heavy atom. The van der Waals surface area contributed by atoms with Crippen LogP contribution in [0, 0.1) is 0 Å². The Bertz CT molecular complexity index is 646. The van der Waals surface area contributed by atoms with E-state index in [-0.39, 0.29) is 0 Å². The second kappa shape index (κ2) is 6.45. The predicted molar refractivity (Wildman–Crippen MR) is 81.9 cm³/mol. The molecular formula is C14H10BrNO2S. The summed E-state index contributed by atoms with van der Waals surface area (Å²) in [4.78, 5) is 15.4.